The van der Waals surface area contributed by atoms with Crippen LogP contribution in [0, 0.1) is 6.92 Å². The van der Waals surface area contributed by atoms with E-state index in [9.17, 15) is 4.79 Å². The summed E-state index contributed by atoms with van der Waals surface area (Å²) in [6.45, 7) is 2.54. The van der Waals surface area contributed by atoms with E-state index < -0.39 is 0 Å². The van der Waals surface area contributed by atoms with E-state index in [1.54, 1.807) is 6.20 Å². The summed E-state index contributed by atoms with van der Waals surface area (Å²) in [5.41, 5.74) is 2.58. The third-order valence-corrected chi connectivity index (χ3v) is 6.46. The van der Waals surface area contributed by atoms with Crippen molar-refractivity contribution in [3.8, 4) is 9.88 Å². The monoisotopic (exact) mass is 414 g/mol. The number of benzene rings is 1. The van der Waals surface area contributed by atoms with Gasteiger partial charge < -0.3 is 5.32 Å². The molecule has 136 valence electrons. The molecule has 1 amide bonds. The first-order valence-corrected chi connectivity index (χ1v) is 10.2. The predicted octanol–water partition coefficient (Wildman–Crippen LogP) is 5.33. The van der Waals surface area contributed by atoms with Crippen LogP contribution in [0.2, 0.25) is 4.34 Å². The molecule has 4 aromatic rings. The van der Waals surface area contributed by atoms with E-state index in [0.717, 1.165) is 21.1 Å². The van der Waals surface area contributed by atoms with Crippen LogP contribution in [0.4, 0.5) is 5.69 Å². The van der Waals surface area contributed by atoms with Gasteiger partial charge in [-0.15, -0.1) is 22.7 Å². The van der Waals surface area contributed by atoms with Crippen molar-refractivity contribution < 1.29 is 4.79 Å². The maximum absolute atomic E-state index is 12.6. The Balaban J connectivity index is 1.46. The van der Waals surface area contributed by atoms with Crippen molar-refractivity contribution in [2.75, 3.05) is 5.32 Å². The second kappa shape index (κ2) is 7.64. The van der Waals surface area contributed by atoms with Crippen LogP contribution in [0.1, 0.15) is 20.9 Å². The number of rotatable bonds is 5. The Hall–Kier alpha value is -2.48. The molecular formula is C19H15ClN4OS2. The van der Waals surface area contributed by atoms with Gasteiger partial charge in [0.1, 0.15) is 9.88 Å². The van der Waals surface area contributed by atoms with Crippen molar-refractivity contribution in [3.63, 3.8) is 0 Å². The number of carbonyl (C=O) groups excluding carboxylic acids is 1. The highest BCUT2D eigenvalue weighted by atomic mass is 35.5. The van der Waals surface area contributed by atoms with Crippen LogP contribution in [-0.4, -0.2) is 20.7 Å². The molecule has 27 heavy (non-hydrogen) atoms. The number of thiophene rings is 1. The average molecular weight is 415 g/mol. The number of nitrogens with zero attached hydrogens (tertiary/aromatic N) is 3. The summed E-state index contributed by atoms with van der Waals surface area (Å²) in [5.74, 6) is -0.154. The molecule has 0 radical (unpaired) electrons. The Kier molecular flexibility index (Phi) is 5.07. The molecule has 0 aliphatic heterocycles. The molecule has 0 atom stereocenters. The van der Waals surface area contributed by atoms with Crippen LogP contribution in [0.5, 0.6) is 0 Å². The zero-order valence-electron chi connectivity index (χ0n) is 14.3. The van der Waals surface area contributed by atoms with Gasteiger partial charge in [-0.05, 0) is 42.8 Å². The second-order valence-electron chi connectivity index (χ2n) is 5.89. The van der Waals surface area contributed by atoms with Gasteiger partial charge in [-0.2, -0.15) is 5.10 Å². The highest BCUT2D eigenvalue weighted by molar-refractivity contribution is 7.24. The minimum absolute atomic E-state index is 0.154. The molecule has 5 nitrogen and oxygen atoms in total. The average Bonchev–Trinajstić information content (AvgIpc) is 3.38. The maximum Gasteiger partial charge on any atom is 0.267 e. The van der Waals surface area contributed by atoms with Gasteiger partial charge in [-0.25, -0.2) is 4.98 Å². The van der Waals surface area contributed by atoms with Crippen molar-refractivity contribution in [1.29, 1.82) is 0 Å². The molecule has 8 heteroatoms. The molecule has 0 bridgehead atoms. The zero-order chi connectivity index (χ0) is 18.8. The molecule has 0 aliphatic rings. The van der Waals surface area contributed by atoms with Gasteiger partial charge in [-0.3, -0.25) is 9.48 Å². The van der Waals surface area contributed by atoms with E-state index in [2.05, 4.69) is 15.4 Å². The van der Waals surface area contributed by atoms with E-state index in [-0.39, 0.29) is 5.91 Å². The van der Waals surface area contributed by atoms with Crippen LogP contribution in [-0.2, 0) is 6.54 Å². The van der Waals surface area contributed by atoms with Gasteiger partial charge in [0.2, 0.25) is 0 Å². The summed E-state index contributed by atoms with van der Waals surface area (Å²) in [7, 11) is 0. The lowest BCUT2D eigenvalue weighted by Crippen LogP contribution is -2.11. The SMILES string of the molecule is Cc1nc(-c2ccc(Cl)s2)sc1C(=O)Nc1ccc(Cn2cccn2)cc1. The summed E-state index contributed by atoms with van der Waals surface area (Å²) in [6, 6.07) is 13.4. The lowest BCUT2D eigenvalue weighted by atomic mass is 10.2. The summed E-state index contributed by atoms with van der Waals surface area (Å²) in [6.07, 6.45) is 3.67. The van der Waals surface area contributed by atoms with Crippen LogP contribution >= 0.6 is 34.3 Å². The molecule has 0 saturated carbocycles. The molecule has 0 spiro atoms. The number of hydrogen-bond acceptors (Lipinski definition) is 5. The third-order valence-electron chi connectivity index (χ3n) is 3.90. The van der Waals surface area contributed by atoms with E-state index in [1.807, 2.05) is 60.3 Å². The second-order valence-corrected chi connectivity index (χ2v) is 8.61. The lowest BCUT2D eigenvalue weighted by Gasteiger charge is -2.06. The normalized spacial score (nSPS) is 10.9. The number of nitrogens with one attached hydrogen (secondary N) is 1. The largest absolute Gasteiger partial charge is 0.321 e. The fraction of sp³-hybridized carbons (Fsp3) is 0.105. The molecule has 0 saturated heterocycles. The Morgan fingerprint density at radius 1 is 1.19 bits per heavy atom. The number of aromatic nitrogens is 3. The first-order chi connectivity index (χ1) is 13.1. The quantitative estimate of drug-likeness (QED) is 0.480. The summed E-state index contributed by atoms with van der Waals surface area (Å²) in [4.78, 5) is 18.7. The van der Waals surface area contributed by atoms with Crippen molar-refractivity contribution in [2.45, 2.75) is 13.5 Å². The molecule has 0 aliphatic carbocycles. The summed E-state index contributed by atoms with van der Waals surface area (Å²) >= 11 is 8.83. The van der Waals surface area contributed by atoms with E-state index in [4.69, 9.17) is 11.6 Å². The number of amides is 1. The van der Waals surface area contributed by atoms with Crippen molar-refractivity contribution in [1.82, 2.24) is 14.8 Å². The highest BCUT2D eigenvalue weighted by Crippen LogP contribution is 2.35. The van der Waals surface area contributed by atoms with Crippen LogP contribution in [0.25, 0.3) is 9.88 Å². The number of aryl methyl sites for hydroxylation is 1. The Morgan fingerprint density at radius 3 is 2.67 bits per heavy atom. The number of halogens is 1. The van der Waals surface area contributed by atoms with Crippen molar-refractivity contribution in [2.24, 2.45) is 0 Å². The third kappa shape index (κ3) is 4.10. The molecule has 3 heterocycles. The molecule has 0 unspecified atom stereocenters. The molecule has 3 aromatic heterocycles. The van der Waals surface area contributed by atoms with Gasteiger partial charge in [0.05, 0.1) is 21.5 Å². The van der Waals surface area contributed by atoms with Crippen molar-refractivity contribution in [3.05, 3.63) is 75.3 Å². The van der Waals surface area contributed by atoms with Gasteiger partial charge >= 0.3 is 0 Å². The number of hydrogen-bond donors (Lipinski definition) is 1. The minimum atomic E-state index is -0.154. The molecule has 0 fully saturated rings. The van der Waals surface area contributed by atoms with Crippen LogP contribution in [0.3, 0.4) is 0 Å². The van der Waals surface area contributed by atoms with E-state index in [0.29, 0.717) is 21.5 Å². The minimum Gasteiger partial charge on any atom is -0.321 e. The first-order valence-electron chi connectivity index (χ1n) is 8.19. The van der Waals surface area contributed by atoms with Gasteiger partial charge in [0.15, 0.2) is 0 Å². The Morgan fingerprint density at radius 2 is 2.00 bits per heavy atom. The lowest BCUT2D eigenvalue weighted by molar-refractivity contribution is 0.103. The van der Waals surface area contributed by atoms with E-state index in [1.165, 1.54) is 22.7 Å². The number of thiazole rings is 1. The summed E-state index contributed by atoms with van der Waals surface area (Å²) < 4.78 is 2.56. The Bertz CT molecular complexity index is 1070. The van der Waals surface area contributed by atoms with Crippen LogP contribution < -0.4 is 5.32 Å². The van der Waals surface area contributed by atoms with Gasteiger partial charge in [-0.1, -0.05) is 23.7 Å². The number of anilines is 1. The smallest absolute Gasteiger partial charge is 0.267 e. The highest BCUT2D eigenvalue weighted by Gasteiger charge is 2.17. The van der Waals surface area contributed by atoms with Gasteiger partial charge in [0.25, 0.3) is 5.91 Å². The number of carbonyl (C=O) groups is 1. The first kappa shape index (κ1) is 17.9. The topological polar surface area (TPSA) is 59.8 Å². The van der Waals surface area contributed by atoms with Gasteiger partial charge in [0, 0.05) is 18.1 Å². The fourth-order valence-corrected chi connectivity index (χ4v) is 4.66. The molecular weight excluding hydrogens is 400 g/mol. The predicted molar refractivity (Wildman–Crippen MR) is 111 cm³/mol. The standard InChI is InChI=1S/C19H15ClN4OS2/c1-12-17(27-19(22-12)15-7-8-16(20)26-15)18(25)23-14-5-3-13(4-6-14)11-24-10-2-9-21-24/h2-10H,11H2,1H3,(H,23,25). The van der Waals surface area contributed by atoms with Crippen molar-refractivity contribution >= 4 is 45.9 Å². The fourth-order valence-electron chi connectivity index (χ4n) is 2.60. The van der Waals surface area contributed by atoms with E-state index >= 15 is 0 Å². The zero-order valence-corrected chi connectivity index (χ0v) is 16.7. The molecule has 1 aromatic carbocycles. The maximum atomic E-state index is 12.6. The van der Waals surface area contributed by atoms with Crippen LogP contribution in [0.15, 0.2) is 54.9 Å². The molecule has 1 N–H and O–H groups in total. The molecule has 4 rings (SSSR count). The summed E-state index contributed by atoms with van der Waals surface area (Å²) in [5, 5.41) is 7.95. The Labute approximate surface area is 169 Å².